The highest BCUT2D eigenvalue weighted by Gasteiger charge is 2.24. The summed E-state index contributed by atoms with van der Waals surface area (Å²) in [5, 5.41) is 5.15. The van der Waals surface area contributed by atoms with Gasteiger partial charge in [0.1, 0.15) is 0 Å². The number of hydrogen-bond acceptors (Lipinski definition) is 1. The molecule has 1 N–H and O–H groups in total. The largest absolute Gasteiger partial charge is 0.389 e. The fraction of sp³-hybridized carbons (Fsp3) is 0.833. The maximum absolute atomic E-state index is 3.54. The highest BCUT2D eigenvalue weighted by Crippen LogP contribution is 2.32. The first kappa shape index (κ1) is 13.8. The van der Waals surface area contributed by atoms with Crippen LogP contribution in [0.5, 0.6) is 0 Å². The smallest absolute Gasteiger partial charge is 0.0362 e. The molecule has 0 aliphatic carbocycles. The average Bonchev–Trinajstić information content (AvgIpc) is 1.94. The Morgan fingerprint density at radius 1 is 1.00 bits per heavy atom. The van der Waals surface area contributed by atoms with Crippen LogP contribution < -0.4 is 5.32 Å². The first-order chi connectivity index (χ1) is 6.10. The van der Waals surface area contributed by atoms with Gasteiger partial charge in [-0.15, -0.1) is 0 Å². The fourth-order valence-electron chi connectivity index (χ4n) is 1.51. The zero-order chi connectivity index (χ0) is 11.6. The standard InChI is InChI=1S/C12H27NSi/c1-8-13-9(11(2,3)4)10(14)12(5,6)7/h13H,8H2,1-7,14H3. The Bertz CT molecular complexity index is 215. The molecule has 0 radical (unpaired) electrons. The molecule has 0 aromatic carbocycles. The van der Waals surface area contributed by atoms with Crippen LogP contribution in [0.25, 0.3) is 0 Å². The third-order valence-corrected chi connectivity index (χ3v) is 4.60. The number of hydrogen-bond donors (Lipinski definition) is 1. The summed E-state index contributed by atoms with van der Waals surface area (Å²) >= 11 is 0. The van der Waals surface area contributed by atoms with Crippen molar-refractivity contribution in [3.8, 4) is 0 Å². The molecule has 0 saturated carbocycles. The lowest BCUT2D eigenvalue weighted by Gasteiger charge is -2.32. The summed E-state index contributed by atoms with van der Waals surface area (Å²) in [6.45, 7) is 17.0. The van der Waals surface area contributed by atoms with Crippen LogP contribution in [0.15, 0.2) is 10.9 Å². The second-order valence-corrected chi connectivity index (χ2v) is 7.03. The molecule has 0 aliphatic rings. The van der Waals surface area contributed by atoms with E-state index in [1.54, 1.807) is 5.20 Å². The van der Waals surface area contributed by atoms with Gasteiger partial charge in [0, 0.05) is 27.9 Å². The van der Waals surface area contributed by atoms with Crippen molar-refractivity contribution < 1.29 is 0 Å². The van der Waals surface area contributed by atoms with Gasteiger partial charge in [-0.3, -0.25) is 0 Å². The van der Waals surface area contributed by atoms with Crippen LogP contribution >= 0.6 is 0 Å². The minimum absolute atomic E-state index is 0.250. The van der Waals surface area contributed by atoms with Gasteiger partial charge >= 0.3 is 0 Å². The SMILES string of the molecule is CCNC(=C([SiH3])C(C)(C)C)C(C)(C)C. The summed E-state index contributed by atoms with van der Waals surface area (Å²) in [5.74, 6) is 0. The van der Waals surface area contributed by atoms with Crippen molar-refractivity contribution in [3.05, 3.63) is 10.9 Å². The molecule has 0 rings (SSSR count). The molecule has 0 spiro atoms. The Hall–Kier alpha value is -0.243. The van der Waals surface area contributed by atoms with Gasteiger partial charge in [-0.05, 0) is 12.3 Å². The molecule has 0 aromatic heterocycles. The van der Waals surface area contributed by atoms with Gasteiger partial charge in [-0.2, -0.15) is 0 Å². The number of rotatable bonds is 2. The van der Waals surface area contributed by atoms with E-state index in [0.29, 0.717) is 5.41 Å². The van der Waals surface area contributed by atoms with E-state index in [1.165, 1.54) is 5.70 Å². The van der Waals surface area contributed by atoms with E-state index in [9.17, 15) is 0 Å². The van der Waals surface area contributed by atoms with Gasteiger partial charge in [0.15, 0.2) is 0 Å². The van der Waals surface area contributed by atoms with Crippen molar-refractivity contribution in [3.63, 3.8) is 0 Å². The Labute approximate surface area is 92.8 Å². The minimum atomic E-state index is 0.250. The average molecular weight is 213 g/mol. The molecule has 84 valence electrons. The zero-order valence-electron chi connectivity index (χ0n) is 11.2. The minimum Gasteiger partial charge on any atom is -0.389 e. The topological polar surface area (TPSA) is 12.0 Å². The summed E-state index contributed by atoms with van der Waals surface area (Å²) in [7, 11) is 1.14. The summed E-state index contributed by atoms with van der Waals surface area (Å²) in [6, 6.07) is 0. The lowest BCUT2D eigenvalue weighted by Crippen LogP contribution is -2.29. The van der Waals surface area contributed by atoms with Crippen LogP contribution in [-0.4, -0.2) is 16.8 Å². The molecule has 0 aliphatic heterocycles. The number of allylic oxidation sites excluding steroid dienone is 2. The summed E-state index contributed by atoms with van der Waals surface area (Å²) in [5.41, 5.74) is 2.02. The van der Waals surface area contributed by atoms with Crippen LogP contribution in [-0.2, 0) is 0 Å². The Balaban J connectivity index is 5.17. The fourth-order valence-corrected chi connectivity index (χ4v) is 2.44. The summed E-state index contributed by atoms with van der Waals surface area (Å²) < 4.78 is 0. The van der Waals surface area contributed by atoms with Crippen molar-refractivity contribution in [2.45, 2.75) is 48.5 Å². The molecule has 14 heavy (non-hydrogen) atoms. The summed E-state index contributed by atoms with van der Waals surface area (Å²) in [6.07, 6.45) is 0. The van der Waals surface area contributed by atoms with Crippen LogP contribution in [0.3, 0.4) is 0 Å². The molecule has 0 aromatic rings. The van der Waals surface area contributed by atoms with Gasteiger partial charge in [-0.25, -0.2) is 0 Å². The van der Waals surface area contributed by atoms with E-state index in [-0.39, 0.29) is 5.41 Å². The van der Waals surface area contributed by atoms with Crippen molar-refractivity contribution in [2.24, 2.45) is 10.8 Å². The number of nitrogens with one attached hydrogen (secondary N) is 1. The molecule has 0 atom stereocenters. The van der Waals surface area contributed by atoms with Gasteiger partial charge < -0.3 is 5.32 Å². The third-order valence-electron chi connectivity index (χ3n) is 2.60. The van der Waals surface area contributed by atoms with E-state index >= 15 is 0 Å². The Morgan fingerprint density at radius 2 is 1.43 bits per heavy atom. The van der Waals surface area contributed by atoms with Crippen molar-refractivity contribution in [1.29, 1.82) is 0 Å². The van der Waals surface area contributed by atoms with Gasteiger partial charge in [0.25, 0.3) is 0 Å². The second kappa shape index (κ2) is 4.52. The molecule has 1 nitrogen and oxygen atoms in total. The molecule has 0 saturated heterocycles. The van der Waals surface area contributed by atoms with Gasteiger partial charge in [0.2, 0.25) is 0 Å². The maximum Gasteiger partial charge on any atom is 0.0362 e. The van der Waals surface area contributed by atoms with Gasteiger partial charge in [0.05, 0.1) is 0 Å². The molecule has 0 bridgehead atoms. The first-order valence-electron chi connectivity index (χ1n) is 5.56. The third kappa shape index (κ3) is 3.87. The Kier molecular flexibility index (Phi) is 4.44. The zero-order valence-corrected chi connectivity index (χ0v) is 13.2. The molecular weight excluding hydrogens is 186 g/mol. The molecule has 0 heterocycles. The maximum atomic E-state index is 3.54. The highest BCUT2D eigenvalue weighted by molar-refractivity contribution is 6.22. The van der Waals surface area contributed by atoms with Crippen LogP contribution in [0.4, 0.5) is 0 Å². The quantitative estimate of drug-likeness (QED) is 0.694. The van der Waals surface area contributed by atoms with E-state index in [4.69, 9.17) is 0 Å². The van der Waals surface area contributed by atoms with E-state index in [2.05, 4.69) is 53.8 Å². The molecule has 0 unspecified atom stereocenters. The predicted octanol–water partition coefficient (Wildman–Crippen LogP) is 2.27. The predicted molar refractivity (Wildman–Crippen MR) is 69.6 cm³/mol. The van der Waals surface area contributed by atoms with Crippen molar-refractivity contribution >= 4 is 10.2 Å². The van der Waals surface area contributed by atoms with Crippen LogP contribution in [0.2, 0.25) is 0 Å². The highest BCUT2D eigenvalue weighted by atomic mass is 28.1. The van der Waals surface area contributed by atoms with E-state index in [0.717, 1.165) is 16.8 Å². The molecular formula is C12H27NSi. The van der Waals surface area contributed by atoms with Crippen molar-refractivity contribution in [1.82, 2.24) is 5.32 Å². The molecule has 0 fully saturated rings. The summed E-state index contributed by atoms with van der Waals surface area (Å²) in [4.78, 5) is 0. The Morgan fingerprint density at radius 3 is 1.64 bits per heavy atom. The molecule has 0 amide bonds. The van der Waals surface area contributed by atoms with Crippen LogP contribution in [0.1, 0.15) is 48.5 Å². The van der Waals surface area contributed by atoms with Crippen LogP contribution in [0, 0.1) is 10.8 Å². The van der Waals surface area contributed by atoms with Gasteiger partial charge in [-0.1, -0.05) is 46.7 Å². The lowest BCUT2D eigenvalue weighted by atomic mass is 9.85. The van der Waals surface area contributed by atoms with E-state index < -0.39 is 0 Å². The lowest BCUT2D eigenvalue weighted by molar-refractivity contribution is 0.431. The molecule has 2 heteroatoms. The second-order valence-electron chi connectivity index (χ2n) is 6.03. The normalized spacial score (nSPS) is 15.4. The first-order valence-corrected chi connectivity index (χ1v) is 6.56. The van der Waals surface area contributed by atoms with E-state index in [1.807, 2.05) is 0 Å². The van der Waals surface area contributed by atoms with Crippen molar-refractivity contribution in [2.75, 3.05) is 6.54 Å². The monoisotopic (exact) mass is 213 g/mol.